The van der Waals surface area contributed by atoms with Gasteiger partial charge in [-0.2, -0.15) is 4.89 Å². The normalized spacial score (nSPS) is 22.9. The largest absolute Gasteiger partial charge is 0.379 e. The van der Waals surface area contributed by atoms with Gasteiger partial charge in [-0.05, 0) is 14.3 Å². The van der Waals surface area contributed by atoms with E-state index in [1.165, 1.54) is 22.8 Å². The summed E-state index contributed by atoms with van der Waals surface area (Å²) in [6, 6.07) is 10.2. The van der Waals surface area contributed by atoms with E-state index in [2.05, 4.69) is 21.7 Å². The lowest BCUT2D eigenvalue weighted by Gasteiger charge is -2.28. The molecular formula is C15H18NO4PS2. The van der Waals surface area contributed by atoms with Crippen LogP contribution in [0.25, 0.3) is 4.91 Å². The summed E-state index contributed by atoms with van der Waals surface area (Å²) in [5, 5.41) is 0.798. The van der Waals surface area contributed by atoms with Gasteiger partial charge in [-0.1, -0.05) is 51.9 Å². The highest BCUT2D eigenvalue weighted by atomic mass is 33.1. The Morgan fingerprint density at radius 2 is 2.04 bits per heavy atom. The lowest BCUT2D eigenvalue weighted by molar-refractivity contribution is -0.253. The van der Waals surface area contributed by atoms with Crippen LogP contribution in [0.15, 0.2) is 35.6 Å². The van der Waals surface area contributed by atoms with Gasteiger partial charge in [0.25, 0.3) is 0 Å². The van der Waals surface area contributed by atoms with Crippen molar-refractivity contribution in [3.8, 4) is 0 Å². The molecule has 0 amide bonds. The van der Waals surface area contributed by atoms with Crippen LogP contribution in [-0.4, -0.2) is 49.3 Å². The number of benzene rings is 1. The lowest BCUT2D eigenvalue weighted by Crippen LogP contribution is -2.31. The molecule has 2 aliphatic heterocycles. The van der Waals surface area contributed by atoms with Gasteiger partial charge in [0.05, 0.1) is 20.3 Å². The number of hydrogen-bond donors (Lipinski definition) is 0. The minimum absolute atomic E-state index is 0.323. The number of rotatable bonds is 5. The molecule has 0 aromatic heterocycles. The van der Waals surface area contributed by atoms with E-state index < -0.39 is 0 Å². The van der Waals surface area contributed by atoms with E-state index in [1.54, 1.807) is 10.8 Å². The molecule has 0 aliphatic carbocycles. The first-order valence-electron chi connectivity index (χ1n) is 7.26. The number of ether oxygens (including phenoxy) is 1. The highest BCUT2D eigenvalue weighted by Crippen LogP contribution is 2.57. The molecule has 5 nitrogen and oxygen atoms in total. The van der Waals surface area contributed by atoms with Gasteiger partial charge in [-0.15, -0.1) is 0 Å². The molecule has 0 spiro atoms. The van der Waals surface area contributed by atoms with Gasteiger partial charge in [0.2, 0.25) is 0 Å². The van der Waals surface area contributed by atoms with Gasteiger partial charge in [0, 0.05) is 23.3 Å². The molecule has 0 N–H and O–H groups in total. The number of hydrogen-bond acceptors (Lipinski definition) is 7. The van der Waals surface area contributed by atoms with Crippen LogP contribution < -0.4 is 0 Å². The third-order valence-corrected chi connectivity index (χ3v) is 8.08. The third kappa shape index (κ3) is 4.29. The molecule has 1 fully saturated rings. The average molecular weight is 371 g/mol. The Hall–Kier alpha value is -0.560. The molecule has 2 aliphatic rings. The predicted octanol–water partition coefficient (Wildman–Crippen LogP) is 3.15. The topological polar surface area (TPSA) is 48.0 Å². The van der Waals surface area contributed by atoms with Gasteiger partial charge in [0.15, 0.2) is 0 Å². The Kier molecular flexibility index (Phi) is 6.39. The third-order valence-electron chi connectivity index (χ3n) is 3.44. The van der Waals surface area contributed by atoms with E-state index in [1.807, 2.05) is 18.2 Å². The minimum Gasteiger partial charge on any atom is -0.379 e. The predicted molar refractivity (Wildman–Crippen MR) is 96.1 cm³/mol. The fourth-order valence-electron chi connectivity index (χ4n) is 2.34. The molecule has 2 heterocycles. The molecule has 0 saturated carbocycles. The first kappa shape index (κ1) is 17.3. The van der Waals surface area contributed by atoms with Crippen LogP contribution in [0.3, 0.4) is 0 Å². The summed E-state index contributed by atoms with van der Waals surface area (Å²) in [4.78, 5) is 22.7. The van der Waals surface area contributed by atoms with Gasteiger partial charge in [-0.3, -0.25) is 9.56 Å². The molecule has 8 heteroatoms. The number of carbonyl (C=O) groups is 1. The molecule has 2 atom stereocenters. The monoisotopic (exact) mass is 371 g/mol. The zero-order valence-corrected chi connectivity index (χ0v) is 15.3. The van der Waals surface area contributed by atoms with E-state index in [0.717, 1.165) is 37.2 Å². The summed E-state index contributed by atoms with van der Waals surface area (Å²) >= 11 is 0. The molecule has 0 radical (unpaired) electrons. The van der Waals surface area contributed by atoms with Gasteiger partial charge < -0.3 is 4.74 Å². The molecule has 23 heavy (non-hydrogen) atoms. The molecule has 124 valence electrons. The van der Waals surface area contributed by atoms with Crippen molar-refractivity contribution < 1.29 is 19.3 Å². The van der Waals surface area contributed by atoms with Crippen molar-refractivity contribution in [3.63, 3.8) is 0 Å². The first-order chi connectivity index (χ1) is 11.3. The Balaban J connectivity index is 1.87. The van der Waals surface area contributed by atoms with E-state index in [0.29, 0.717) is 8.73 Å². The average Bonchev–Trinajstić information content (AvgIpc) is 3.00. The number of morpholine rings is 1. The fraction of sp³-hybridized carbons (Fsp3) is 0.400. The van der Waals surface area contributed by atoms with E-state index >= 15 is 0 Å². The standard InChI is InChI=1S/C15H18NO4PS2/c1-18-20-15(17)14-12(21-16-7-9-19-10-8-16)13(22-23-14)11-5-3-2-4-6-11/h2-6,14,21H,7-10H2,1H3. The maximum Gasteiger partial charge on any atom is 0.360 e. The van der Waals surface area contributed by atoms with Crippen LogP contribution in [-0.2, 0) is 19.3 Å². The molecule has 1 aromatic carbocycles. The molecule has 1 aromatic rings. The summed E-state index contributed by atoms with van der Waals surface area (Å²) in [7, 11) is 4.98. The van der Waals surface area contributed by atoms with E-state index in [-0.39, 0.29) is 11.2 Å². The summed E-state index contributed by atoms with van der Waals surface area (Å²) in [5.41, 5.74) is 1.15. The second-order valence-corrected chi connectivity index (χ2v) is 8.66. The summed E-state index contributed by atoms with van der Waals surface area (Å²) < 4.78 is 7.76. The van der Waals surface area contributed by atoms with Crippen LogP contribution in [0.2, 0.25) is 0 Å². The Bertz CT molecular complexity index is 578. The van der Waals surface area contributed by atoms with Crippen molar-refractivity contribution in [1.82, 2.24) is 4.67 Å². The van der Waals surface area contributed by atoms with Gasteiger partial charge >= 0.3 is 5.97 Å². The summed E-state index contributed by atoms with van der Waals surface area (Å²) in [6.07, 6.45) is 0. The molecule has 0 bridgehead atoms. The van der Waals surface area contributed by atoms with Crippen LogP contribution in [0.5, 0.6) is 0 Å². The maximum absolute atomic E-state index is 12.2. The number of nitrogens with zero attached hydrogens (tertiary/aromatic N) is 1. The van der Waals surface area contributed by atoms with Crippen LogP contribution >= 0.6 is 30.3 Å². The lowest BCUT2D eigenvalue weighted by atomic mass is 10.2. The Labute approximate surface area is 145 Å². The second-order valence-electron chi connectivity index (χ2n) is 4.95. The molecule has 3 rings (SSSR count). The first-order valence-corrected chi connectivity index (χ1v) is 10.4. The summed E-state index contributed by atoms with van der Waals surface area (Å²) in [6.45, 7) is 3.28. The zero-order chi connectivity index (χ0) is 16.1. The SMILES string of the molecule is COOC(=O)C1SSC(c2ccccc2)=C1PN1CCOCC1. The van der Waals surface area contributed by atoms with Gasteiger partial charge in [0.1, 0.15) is 5.25 Å². The Morgan fingerprint density at radius 1 is 1.30 bits per heavy atom. The molecule has 2 unspecified atom stereocenters. The smallest absolute Gasteiger partial charge is 0.360 e. The molecular weight excluding hydrogens is 353 g/mol. The summed E-state index contributed by atoms with van der Waals surface area (Å²) in [5.74, 6) is -0.341. The minimum atomic E-state index is -0.341. The van der Waals surface area contributed by atoms with E-state index in [4.69, 9.17) is 9.62 Å². The second kappa shape index (κ2) is 8.51. The number of carbonyl (C=O) groups excluding carboxylic acids is 1. The van der Waals surface area contributed by atoms with Crippen molar-refractivity contribution in [2.45, 2.75) is 5.25 Å². The molecule has 1 saturated heterocycles. The van der Waals surface area contributed by atoms with Crippen molar-refractivity contribution in [2.75, 3.05) is 33.4 Å². The van der Waals surface area contributed by atoms with Crippen molar-refractivity contribution in [2.24, 2.45) is 0 Å². The fourth-order valence-corrected chi connectivity index (χ4v) is 7.37. The van der Waals surface area contributed by atoms with E-state index in [9.17, 15) is 4.79 Å². The van der Waals surface area contributed by atoms with Crippen molar-refractivity contribution in [3.05, 3.63) is 41.2 Å². The highest BCUT2D eigenvalue weighted by molar-refractivity contribution is 8.81. The quantitative estimate of drug-likeness (QED) is 0.341. The zero-order valence-electron chi connectivity index (χ0n) is 12.7. The van der Waals surface area contributed by atoms with Crippen LogP contribution in [0.4, 0.5) is 0 Å². The highest BCUT2D eigenvalue weighted by Gasteiger charge is 2.36. The van der Waals surface area contributed by atoms with Gasteiger partial charge in [-0.25, -0.2) is 4.79 Å². The van der Waals surface area contributed by atoms with Crippen LogP contribution in [0.1, 0.15) is 5.56 Å². The van der Waals surface area contributed by atoms with Crippen LogP contribution in [0, 0.1) is 0 Å². The maximum atomic E-state index is 12.2. The van der Waals surface area contributed by atoms with Crippen molar-refractivity contribution >= 4 is 41.2 Å². The Morgan fingerprint density at radius 3 is 2.74 bits per heavy atom. The van der Waals surface area contributed by atoms with Crippen molar-refractivity contribution in [1.29, 1.82) is 0 Å².